The number of benzene rings is 1. The minimum Gasteiger partial charge on any atom is -0.334 e. The van der Waals surface area contributed by atoms with Gasteiger partial charge in [-0.3, -0.25) is 9.48 Å². The van der Waals surface area contributed by atoms with E-state index in [1.54, 1.807) is 35.1 Å². The molecule has 6 nitrogen and oxygen atoms in total. The Balaban J connectivity index is 1.94. The van der Waals surface area contributed by atoms with Gasteiger partial charge in [-0.1, -0.05) is 12.1 Å². The fraction of sp³-hybridized carbons (Fsp3) is 0.267. The minimum absolute atomic E-state index is 0.0370. The lowest BCUT2D eigenvalue weighted by Crippen LogP contribution is -2.28. The Labute approximate surface area is 123 Å². The SMILES string of the molecule is CC(=O)c1cccc(NC(=O)NCc2cnn(C)c2C)c1. The fourth-order valence-corrected chi connectivity index (χ4v) is 1.88. The van der Waals surface area contributed by atoms with Crippen molar-refractivity contribution in [3.63, 3.8) is 0 Å². The lowest BCUT2D eigenvalue weighted by Gasteiger charge is -2.08. The van der Waals surface area contributed by atoms with Crippen molar-refractivity contribution >= 4 is 17.5 Å². The molecule has 0 fully saturated rings. The van der Waals surface area contributed by atoms with E-state index in [0.29, 0.717) is 17.8 Å². The van der Waals surface area contributed by atoms with Crippen LogP contribution in [0.3, 0.4) is 0 Å². The second kappa shape index (κ2) is 6.21. The van der Waals surface area contributed by atoms with Gasteiger partial charge in [0.1, 0.15) is 0 Å². The zero-order chi connectivity index (χ0) is 15.4. The van der Waals surface area contributed by atoms with E-state index >= 15 is 0 Å². The lowest BCUT2D eigenvalue weighted by molar-refractivity contribution is 0.101. The molecule has 0 atom stereocenters. The van der Waals surface area contributed by atoms with Gasteiger partial charge in [-0.2, -0.15) is 5.10 Å². The van der Waals surface area contributed by atoms with Crippen LogP contribution in [0.2, 0.25) is 0 Å². The Morgan fingerprint density at radius 2 is 2.10 bits per heavy atom. The van der Waals surface area contributed by atoms with Gasteiger partial charge >= 0.3 is 6.03 Å². The van der Waals surface area contributed by atoms with Crippen LogP contribution in [-0.4, -0.2) is 21.6 Å². The van der Waals surface area contributed by atoms with Crippen LogP contribution in [0.5, 0.6) is 0 Å². The van der Waals surface area contributed by atoms with Crippen molar-refractivity contribution in [2.45, 2.75) is 20.4 Å². The number of hydrogen-bond donors (Lipinski definition) is 2. The Morgan fingerprint density at radius 3 is 2.71 bits per heavy atom. The van der Waals surface area contributed by atoms with Crippen LogP contribution in [0.25, 0.3) is 0 Å². The van der Waals surface area contributed by atoms with Crippen LogP contribution in [0.15, 0.2) is 30.5 Å². The molecule has 21 heavy (non-hydrogen) atoms. The predicted molar refractivity (Wildman–Crippen MR) is 80.2 cm³/mol. The summed E-state index contributed by atoms with van der Waals surface area (Å²) in [6, 6.07) is 6.51. The standard InChI is InChI=1S/C15H18N4O2/c1-10-13(9-17-19(10)3)8-16-15(21)18-14-6-4-5-12(7-14)11(2)20/h4-7,9H,8H2,1-3H3,(H2,16,18,21). The van der Waals surface area contributed by atoms with E-state index in [2.05, 4.69) is 15.7 Å². The van der Waals surface area contributed by atoms with Gasteiger partial charge in [0, 0.05) is 36.1 Å². The molecule has 0 unspecified atom stereocenters. The molecule has 0 bridgehead atoms. The zero-order valence-corrected chi connectivity index (χ0v) is 12.3. The largest absolute Gasteiger partial charge is 0.334 e. The summed E-state index contributed by atoms with van der Waals surface area (Å²) >= 11 is 0. The van der Waals surface area contributed by atoms with Gasteiger partial charge in [0.2, 0.25) is 0 Å². The number of urea groups is 1. The minimum atomic E-state index is -0.320. The van der Waals surface area contributed by atoms with E-state index in [-0.39, 0.29) is 11.8 Å². The summed E-state index contributed by atoms with van der Waals surface area (Å²) in [5.74, 6) is -0.0370. The van der Waals surface area contributed by atoms with Crippen molar-refractivity contribution in [3.8, 4) is 0 Å². The molecule has 2 rings (SSSR count). The molecule has 2 aromatic rings. The topological polar surface area (TPSA) is 76.0 Å². The van der Waals surface area contributed by atoms with Gasteiger partial charge in [-0.15, -0.1) is 0 Å². The fourth-order valence-electron chi connectivity index (χ4n) is 1.88. The summed E-state index contributed by atoms with van der Waals surface area (Å²) < 4.78 is 1.76. The van der Waals surface area contributed by atoms with Crippen LogP contribution in [-0.2, 0) is 13.6 Å². The number of amides is 2. The number of nitrogens with zero attached hydrogens (tertiary/aromatic N) is 2. The smallest absolute Gasteiger partial charge is 0.319 e. The van der Waals surface area contributed by atoms with Crippen LogP contribution < -0.4 is 10.6 Å². The van der Waals surface area contributed by atoms with Crippen molar-refractivity contribution in [1.29, 1.82) is 0 Å². The number of nitrogens with one attached hydrogen (secondary N) is 2. The molecule has 0 radical (unpaired) electrons. The van der Waals surface area contributed by atoms with Crippen molar-refractivity contribution in [3.05, 3.63) is 47.3 Å². The molecule has 0 aliphatic carbocycles. The maximum Gasteiger partial charge on any atom is 0.319 e. The van der Waals surface area contributed by atoms with E-state index in [1.807, 2.05) is 14.0 Å². The summed E-state index contributed by atoms with van der Waals surface area (Å²) in [5, 5.41) is 9.58. The van der Waals surface area contributed by atoms with Crippen molar-refractivity contribution < 1.29 is 9.59 Å². The molecule has 0 aliphatic rings. The highest BCUT2D eigenvalue weighted by molar-refractivity contribution is 5.96. The molecule has 1 aromatic heterocycles. The average molecular weight is 286 g/mol. The summed E-state index contributed by atoms with van der Waals surface area (Å²) in [6.45, 7) is 3.83. The van der Waals surface area contributed by atoms with E-state index < -0.39 is 0 Å². The van der Waals surface area contributed by atoms with Gasteiger partial charge in [-0.05, 0) is 26.0 Å². The molecule has 1 heterocycles. The van der Waals surface area contributed by atoms with Crippen LogP contribution in [0.4, 0.5) is 10.5 Å². The molecule has 2 N–H and O–H groups in total. The first kappa shape index (κ1) is 14.8. The molecule has 0 saturated heterocycles. The lowest BCUT2D eigenvalue weighted by atomic mass is 10.1. The average Bonchev–Trinajstić information content (AvgIpc) is 2.77. The number of ketones is 1. The highest BCUT2D eigenvalue weighted by Crippen LogP contribution is 2.11. The quantitative estimate of drug-likeness (QED) is 0.846. The Kier molecular flexibility index (Phi) is 4.37. The summed E-state index contributed by atoms with van der Waals surface area (Å²) in [5.41, 5.74) is 3.12. The van der Waals surface area contributed by atoms with Crippen molar-refractivity contribution in [2.75, 3.05) is 5.32 Å². The van der Waals surface area contributed by atoms with Crippen LogP contribution >= 0.6 is 0 Å². The molecule has 110 valence electrons. The van der Waals surface area contributed by atoms with E-state index in [9.17, 15) is 9.59 Å². The molecule has 0 spiro atoms. The number of Topliss-reactive ketones (excluding diaryl/α,β-unsaturated/α-hetero) is 1. The van der Waals surface area contributed by atoms with E-state index in [1.165, 1.54) is 6.92 Å². The second-order valence-corrected chi connectivity index (χ2v) is 4.82. The second-order valence-electron chi connectivity index (χ2n) is 4.82. The normalized spacial score (nSPS) is 10.2. The highest BCUT2D eigenvalue weighted by Gasteiger charge is 2.07. The number of carbonyl (C=O) groups excluding carboxylic acids is 2. The number of aromatic nitrogens is 2. The number of hydrogen-bond acceptors (Lipinski definition) is 3. The van der Waals surface area contributed by atoms with Crippen LogP contribution in [0, 0.1) is 6.92 Å². The molecule has 1 aromatic carbocycles. The molecular formula is C15H18N4O2. The van der Waals surface area contributed by atoms with E-state index in [0.717, 1.165) is 11.3 Å². The summed E-state index contributed by atoms with van der Waals surface area (Å²) in [4.78, 5) is 23.1. The zero-order valence-electron chi connectivity index (χ0n) is 12.3. The number of anilines is 1. The third-order valence-corrected chi connectivity index (χ3v) is 3.30. The molecule has 2 amide bonds. The number of rotatable bonds is 4. The van der Waals surface area contributed by atoms with Crippen molar-refractivity contribution in [1.82, 2.24) is 15.1 Å². The number of aryl methyl sites for hydroxylation is 1. The predicted octanol–water partition coefficient (Wildman–Crippen LogP) is 2.25. The Hall–Kier alpha value is -2.63. The summed E-state index contributed by atoms with van der Waals surface area (Å²) in [7, 11) is 1.85. The maximum absolute atomic E-state index is 11.9. The van der Waals surface area contributed by atoms with Crippen molar-refractivity contribution in [2.24, 2.45) is 7.05 Å². The Bertz CT molecular complexity index is 676. The monoisotopic (exact) mass is 286 g/mol. The van der Waals surface area contributed by atoms with Gasteiger partial charge in [0.05, 0.1) is 6.20 Å². The molecular weight excluding hydrogens is 268 g/mol. The number of carbonyl (C=O) groups is 2. The van der Waals surface area contributed by atoms with E-state index in [4.69, 9.17) is 0 Å². The van der Waals surface area contributed by atoms with Gasteiger partial charge in [0.25, 0.3) is 0 Å². The third kappa shape index (κ3) is 3.68. The molecule has 0 aliphatic heterocycles. The third-order valence-electron chi connectivity index (χ3n) is 3.30. The van der Waals surface area contributed by atoms with Crippen LogP contribution in [0.1, 0.15) is 28.5 Å². The van der Waals surface area contributed by atoms with Gasteiger partial charge < -0.3 is 10.6 Å². The molecule has 0 saturated carbocycles. The summed E-state index contributed by atoms with van der Waals surface area (Å²) in [6.07, 6.45) is 1.73. The van der Waals surface area contributed by atoms with Gasteiger partial charge in [-0.25, -0.2) is 4.79 Å². The maximum atomic E-state index is 11.9. The highest BCUT2D eigenvalue weighted by atomic mass is 16.2. The Morgan fingerprint density at radius 1 is 1.33 bits per heavy atom. The van der Waals surface area contributed by atoms with Gasteiger partial charge in [0.15, 0.2) is 5.78 Å². The first-order valence-electron chi connectivity index (χ1n) is 6.60. The molecule has 6 heteroatoms. The first-order valence-corrected chi connectivity index (χ1v) is 6.60. The first-order chi connectivity index (χ1) is 9.97.